The predicted molar refractivity (Wildman–Crippen MR) is 140 cm³/mol. The van der Waals surface area contributed by atoms with Crippen LogP contribution in [0.4, 0.5) is 5.69 Å². The van der Waals surface area contributed by atoms with Crippen LogP contribution in [-0.2, 0) is 22.5 Å². The maximum absolute atomic E-state index is 13.2. The monoisotopic (exact) mass is 541 g/mol. The van der Waals surface area contributed by atoms with Crippen LogP contribution in [0.25, 0.3) is 22.4 Å². The number of aromatic carboxylic acids is 1. The summed E-state index contributed by atoms with van der Waals surface area (Å²) < 4.78 is 35.9. The van der Waals surface area contributed by atoms with Crippen molar-refractivity contribution in [3.8, 4) is 22.9 Å². The molecule has 0 aliphatic heterocycles. The van der Waals surface area contributed by atoms with Gasteiger partial charge in [-0.2, -0.15) is 5.10 Å². The molecule has 4 N–H and O–H groups in total. The van der Waals surface area contributed by atoms with E-state index in [-0.39, 0.29) is 34.1 Å². The number of benzene rings is 2. The Bertz CT molecular complexity index is 1730. The van der Waals surface area contributed by atoms with Gasteiger partial charge in [-0.25, -0.2) is 18.2 Å². The zero-order valence-corrected chi connectivity index (χ0v) is 22.2. The van der Waals surface area contributed by atoms with E-state index in [1.165, 1.54) is 28.9 Å². The summed E-state index contributed by atoms with van der Waals surface area (Å²) in [6.07, 6.45) is 0. The first-order chi connectivity index (χ1) is 17.7. The van der Waals surface area contributed by atoms with Crippen LogP contribution in [-0.4, -0.2) is 51.0 Å². The lowest BCUT2D eigenvalue weighted by molar-refractivity contribution is 0.0693. The number of sulfonamides is 1. The van der Waals surface area contributed by atoms with Crippen molar-refractivity contribution < 1.29 is 28.2 Å². The van der Waals surface area contributed by atoms with Crippen molar-refractivity contribution in [2.24, 2.45) is 7.05 Å². The summed E-state index contributed by atoms with van der Waals surface area (Å²) in [5.41, 5.74) is 0.110. The normalized spacial score (nSPS) is 12.0. The Morgan fingerprint density at radius 3 is 2.53 bits per heavy atom. The van der Waals surface area contributed by atoms with Gasteiger partial charge in [0.2, 0.25) is 0 Å². The number of phenols is 1. The molecule has 4 rings (SSSR count). The molecule has 200 valence electrons. The molecule has 0 spiro atoms. The number of hydrogen-bond acceptors (Lipinski definition) is 8. The lowest BCUT2D eigenvalue weighted by atomic mass is 9.91. The number of aromatic amines is 1. The van der Waals surface area contributed by atoms with Crippen molar-refractivity contribution in [2.45, 2.75) is 38.0 Å². The number of aromatic nitrogens is 4. The minimum absolute atomic E-state index is 0.0613. The van der Waals surface area contributed by atoms with E-state index in [1.807, 2.05) is 20.8 Å². The van der Waals surface area contributed by atoms with Crippen molar-refractivity contribution in [3.63, 3.8) is 0 Å². The molecule has 0 bridgehead atoms. The highest BCUT2D eigenvalue weighted by Gasteiger charge is 2.26. The number of fused-ring (bicyclic) bond motifs is 1. The van der Waals surface area contributed by atoms with Gasteiger partial charge in [0.25, 0.3) is 15.6 Å². The number of rotatable bonds is 7. The number of carbonyl (C=O) groups is 1. The number of carboxylic acid groups (broad SMARTS) is 1. The second-order valence-corrected chi connectivity index (χ2v) is 11.2. The zero-order valence-electron chi connectivity index (χ0n) is 21.4. The van der Waals surface area contributed by atoms with E-state index in [0.717, 1.165) is 12.1 Å². The summed E-state index contributed by atoms with van der Waals surface area (Å²) in [4.78, 5) is 31.5. The summed E-state index contributed by atoms with van der Waals surface area (Å²) >= 11 is 0. The van der Waals surface area contributed by atoms with E-state index in [9.17, 15) is 28.2 Å². The number of H-pyrrole nitrogens is 1. The first kappa shape index (κ1) is 26.7. The minimum atomic E-state index is -4.23. The van der Waals surface area contributed by atoms with Crippen LogP contribution in [0.3, 0.4) is 0 Å². The molecule has 12 nitrogen and oxygen atoms in total. The second kappa shape index (κ2) is 9.49. The van der Waals surface area contributed by atoms with Crippen LogP contribution < -0.4 is 15.0 Å². The fourth-order valence-electron chi connectivity index (χ4n) is 3.94. The van der Waals surface area contributed by atoms with Gasteiger partial charge in [-0.05, 0) is 43.3 Å². The molecule has 13 heteroatoms. The summed E-state index contributed by atoms with van der Waals surface area (Å²) in [6, 6.07) is 7.40. The maximum Gasteiger partial charge on any atom is 0.339 e. The van der Waals surface area contributed by atoms with Crippen LogP contribution in [0.1, 0.15) is 43.7 Å². The predicted octanol–water partition coefficient (Wildman–Crippen LogP) is 3.22. The fourth-order valence-corrected chi connectivity index (χ4v) is 5.02. The lowest BCUT2D eigenvalue weighted by Gasteiger charge is -2.16. The van der Waals surface area contributed by atoms with Crippen molar-refractivity contribution in [3.05, 3.63) is 58.0 Å². The van der Waals surface area contributed by atoms with Gasteiger partial charge in [0, 0.05) is 18.2 Å². The van der Waals surface area contributed by atoms with Gasteiger partial charge in [0.05, 0.1) is 22.8 Å². The minimum Gasteiger partial charge on any atom is -0.507 e. The zero-order chi connectivity index (χ0) is 28.0. The third-order valence-electron chi connectivity index (χ3n) is 5.70. The molecule has 0 aliphatic carbocycles. The number of aryl methyl sites for hydroxylation is 1. The highest BCUT2D eigenvalue weighted by molar-refractivity contribution is 7.92. The molecule has 4 aromatic rings. The molecule has 0 radical (unpaired) electrons. The highest BCUT2D eigenvalue weighted by atomic mass is 32.2. The Kier molecular flexibility index (Phi) is 6.66. The van der Waals surface area contributed by atoms with Gasteiger partial charge in [-0.3, -0.25) is 14.2 Å². The Hall–Kier alpha value is -4.39. The first-order valence-corrected chi connectivity index (χ1v) is 13.0. The molecule has 0 amide bonds. The second-order valence-electron chi connectivity index (χ2n) is 9.57. The number of hydrogen-bond donors (Lipinski definition) is 4. The van der Waals surface area contributed by atoms with E-state index in [1.54, 1.807) is 14.0 Å². The van der Waals surface area contributed by atoms with Crippen molar-refractivity contribution >= 4 is 32.7 Å². The van der Waals surface area contributed by atoms with Crippen LogP contribution in [0, 0.1) is 0 Å². The number of ether oxygens (including phenoxy) is 1. The highest BCUT2D eigenvalue weighted by Crippen LogP contribution is 2.33. The molecule has 2 aromatic heterocycles. The van der Waals surface area contributed by atoms with Gasteiger partial charge in [-0.1, -0.05) is 20.8 Å². The van der Waals surface area contributed by atoms with Gasteiger partial charge in [0.15, 0.2) is 5.52 Å². The Labute approximate surface area is 218 Å². The maximum atomic E-state index is 13.2. The number of carboxylic acids is 1. The third-order valence-corrected chi connectivity index (χ3v) is 7.08. The molecule has 2 aromatic carbocycles. The molecule has 38 heavy (non-hydrogen) atoms. The molecule has 0 saturated carbocycles. The summed E-state index contributed by atoms with van der Waals surface area (Å²) in [5.74, 6) is -1.52. The first-order valence-electron chi connectivity index (χ1n) is 11.6. The molecular formula is C25H27N5O7S. The summed E-state index contributed by atoms with van der Waals surface area (Å²) in [6.45, 7) is 7.87. The summed E-state index contributed by atoms with van der Waals surface area (Å²) in [7, 11) is -2.58. The quantitative estimate of drug-likeness (QED) is 0.256. The largest absolute Gasteiger partial charge is 0.507 e. The molecule has 0 saturated heterocycles. The number of anilines is 1. The average Bonchev–Trinajstić information content (AvgIpc) is 3.17. The number of aromatic hydroxyl groups is 1. The molecule has 0 fully saturated rings. The van der Waals surface area contributed by atoms with E-state index in [4.69, 9.17) is 4.74 Å². The van der Waals surface area contributed by atoms with Crippen LogP contribution >= 0.6 is 0 Å². The number of nitrogens with one attached hydrogen (secondary N) is 2. The topological polar surface area (TPSA) is 177 Å². The van der Waals surface area contributed by atoms with Gasteiger partial charge >= 0.3 is 5.97 Å². The summed E-state index contributed by atoms with van der Waals surface area (Å²) in [5, 5.41) is 23.4. The van der Waals surface area contributed by atoms with Crippen molar-refractivity contribution in [2.75, 3.05) is 11.3 Å². The Morgan fingerprint density at radius 1 is 1.18 bits per heavy atom. The Morgan fingerprint density at radius 2 is 1.89 bits per heavy atom. The molecule has 0 atom stereocenters. The smallest absolute Gasteiger partial charge is 0.339 e. The third kappa shape index (κ3) is 4.92. The van der Waals surface area contributed by atoms with Crippen LogP contribution in [0.2, 0.25) is 0 Å². The lowest BCUT2D eigenvalue weighted by Crippen LogP contribution is -2.16. The Balaban J connectivity index is 1.86. The van der Waals surface area contributed by atoms with Gasteiger partial charge in [0.1, 0.15) is 28.4 Å². The van der Waals surface area contributed by atoms with Crippen LogP contribution in [0.5, 0.6) is 11.5 Å². The van der Waals surface area contributed by atoms with Crippen molar-refractivity contribution in [1.29, 1.82) is 0 Å². The van der Waals surface area contributed by atoms with Crippen molar-refractivity contribution in [1.82, 2.24) is 19.7 Å². The van der Waals surface area contributed by atoms with Gasteiger partial charge < -0.3 is 19.9 Å². The van der Waals surface area contributed by atoms with E-state index in [0.29, 0.717) is 17.0 Å². The van der Waals surface area contributed by atoms with E-state index in [2.05, 4.69) is 19.8 Å². The standard InChI is InChI=1S/C25H27N5O7S/c1-6-37-18-10-8-14(38(35,36)29-13-7-9-17(31)15(11-13)24(33)34)12-16(18)22-26-19-20(23(32)27-22)30(5)28-21(19)25(2,3)4/h7-12,29,31H,6H2,1-5H3,(H,33,34)(H,26,27,32). The van der Waals surface area contributed by atoms with E-state index < -0.39 is 38.3 Å². The van der Waals surface area contributed by atoms with Gasteiger partial charge in [-0.15, -0.1) is 0 Å². The molecule has 0 aliphatic rings. The molecular weight excluding hydrogens is 514 g/mol. The molecule has 2 heterocycles. The average molecular weight is 542 g/mol. The van der Waals surface area contributed by atoms with Crippen LogP contribution in [0.15, 0.2) is 46.1 Å². The van der Waals surface area contributed by atoms with E-state index >= 15 is 0 Å². The SMILES string of the molecule is CCOc1ccc(S(=O)(=O)Nc2ccc(O)c(C(=O)O)c2)cc1-c1nc2c(C(C)(C)C)nn(C)c2c(=O)[nH]1. The molecule has 0 unspecified atom stereocenters. The fraction of sp³-hybridized carbons (Fsp3) is 0.280. The number of nitrogens with zero attached hydrogens (tertiary/aromatic N) is 3.